The van der Waals surface area contributed by atoms with E-state index in [1.54, 1.807) is 0 Å². The summed E-state index contributed by atoms with van der Waals surface area (Å²) in [6.45, 7) is 13.4. The highest BCUT2D eigenvalue weighted by atomic mass is 127. The van der Waals surface area contributed by atoms with Gasteiger partial charge in [0.1, 0.15) is 5.60 Å². The van der Waals surface area contributed by atoms with E-state index in [0.717, 1.165) is 51.5 Å². The minimum atomic E-state index is -0.482. The molecule has 7 nitrogen and oxygen atoms in total. The Labute approximate surface area is 198 Å². The van der Waals surface area contributed by atoms with E-state index in [9.17, 15) is 4.79 Å². The molecular weight excluding hydrogens is 493 g/mol. The summed E-state index contributed by atoms with van der Waals surface area (Å²) in [5.74, 6) is 0.780. The van der Waals surface area contributed by atoms with Crippen LogP contribution in [0.15, 0.2) is 29.3 Å². The molecule has 170 valence electrons. The monoisotopic (exact) mass is 531 g/mol. The minimum Gasteiger partial charge on any atom is -0.444 e. The molecule has 0 saturated heterocycles. The Morgan fingerprint density at radius 3 is 2.53 bits per heavy atom. The number of hydrogen-bond donors (Lipinski definition) is 3. The number of alkyl carbamates (subject to hydrolysis) is 1. The number of halogens is 1. The van der Waals surface area contributed by atoms with Crippen LogP contribution in [0.25, 0.3) is 0 Å². The maximum Gasteiger partial charge on any atom is 0.407 e. The molecule has 0 unspecified atom stereocenters. The van der Waals surface area contributed by atoms with Gasteiger partial charge in [0.05, 0.1) is 0 Å². The Bertz CT molecular complexity index is 676. The average molecular weight is 531 g/mol. The van der Waals surface area contributed by atoms with Crippen LogP contribution >= 0.6 is 24.0 Å². The number of benzene rings is 1. The van der Waals surface area contributed by atoms with Crippen LogP contribution in [0.4, 0.5) is 4.79 Å². The van der Waals surface area contributed by atoms with Crippen LogP contribution in [0, 0.1) is 0 Å². The van der Waals surface area contributed by atoms with Crippen molar-refractivity contribution < 1.29 is 9.53 Å². The van der Waals surface area contributed by atoms with Crippen LogP contribution in [-0.4, -0.2) is 61.8 Å². The Kier molecular flexibility index (Phi) is 12.1. The summed E-state index contributed by atoms with van der Waals surface area (Å²) in [5.41, 5.74) is 2.46. The van der Waals surface area contributed by atoms with E-state index in [0.29, 0.717) is 13.1 Å². The van der Waals surface area contributed by atoms with Gasteiger partial charge in [-0.2, -0.15) is 0 Å². The molecule has 0 saturated carbocycles. The van der Waals surface area contributed by atoms with Gasteiger partial charge in [0.15, 0.2) is 5.96 Å². The zero-order valence-corrected chi connectivity index (χ0v) is 21.1. The van der Waals surface area contributed by atoms with Crippen molar-refractivity contribution in [2.24, 2.45) is 4.99 Å². The summed E-state index contributed by atoms with van der Waals surface area (Å²) in [7, 11) is 0. The molecule has 30 heavy (non-hydrogen) atoms. The van der Waals surface area contributed by atoms with E-state index in [2.05, 4.69) is 50.1 Å². The number of nitrogens with zero attached hydrogens (tertiary/aromatic N) is 2. The number of fused-ring (bicyclic) bond motifs is 1. The molecule has 1 aliphatic rings. The first-order valence-electron chi connectivity index (χ1n) is 10.7. The van der Waals surface area contributed by atoms with Crippen LogP contribution in [0.2, 0.25) is 0 Å². The van der Waals surface area contributed by atoms with Gasteiger partial charge in [-0.25, -0.2) is 4.79 Å². The fraction of sp³-hybridized carbons (Fsp3) is 0.636. The molecule has 1 aromatic carbocycles. The van der Waals surface area contributed by atoms with Gasteiger partial charge in [0, 0.05) is 45.8 Å². The molecule has 0 spiro atoms. The Hall–Kier alpha value is -1.55. The summed E-state index contributed by atoms with van der Waals surface area (Å²) in [5, 5.41) is 9.23. The molecule has 0 radical (unpaired) electrons. The smallest absolute Gasteiger partial charge is 0.407 e. The predicted molar refractivity (Wildman–Crippen MR) is 134 cm³/mol. The maximum atomic E-state index is 11.7. The summed E-state index contributed by atoms with van der Waals surface area (Å²) in [4.78, 5) is 18.8. The van der Waals surface area contributed by atoms with Crippen LogP contribution in [0.5, 0.6) is 0 Å². The van der Waals surface area contributed by atoms with Crippen LogP contribution < -0.4 is 16.0 Å². The number of nitrogens with one attached hydrogen (secondary N) is 3. The van der Waals surface area contributed by atoms with Gasteiger partial charge in [0.25, 0.3) is 0 Å². The zero-order valence-electron chi connectivity index (χ0n) is 18.8. The van der Waals surface area contributed by atoms with E-state index < -0.39 is 11.7 Å². The Morgan fingerprint density at radius 2 is 1.83 bits per heavy atom. The number of ether oxygens (including phenoxy) is 1. The van der Waals surface area contributed by atoms with Crippen molar-refractivity contribution in [1.29, 1.82) is 0 Å². The van der Waals surface area contributed by atoms with Crippen molar-refractivity contribution in [2.45, 2.75) is 52.7 Å². The Morgan fingerprint density at radius 1 is 1.13 bits per heavy atom. The third-order valence-electron chi connectivity index (χ3n) is 4.54. The van der Waals surface area contributed by atoms with Gasteiger partial charge in [-0.05, 0) is 51.7 Å². The van der Waals surface area contributed by atoms with Crippen molar-refractivity contribution >= 4 is 36.0 Å². The topological polar surface area (TPSA) is 78.0 Å². The lowest BCUT2D eigenvalue weighted by molar-refractivity contribution is 0.0529. The first-order valence-corrected chi connectivity index (χ1v) is 10.7. The van der Waals surface area contributed by atoms with Crippen molar-refractivity contribution in [3.63, 3.8) is 0 Å². The summed E-state index contributed by atoms with van der Waals surface area (Å²) < 4.78 is 5.22. The SMILES string of the molecule is CCNC(=NCCCN1CCc2ccccc2C1)NCCNC(=O)OC(C)(C)C.I. The summed E-state index contributed by atoms with van der Waals surface area (Å²) in [6, 6.07) is 8.72. The Balaban J connectivity index is 0.00000450. The molecule has 1 amide bonds. The standard InChI is InChI=1S/C22H37N5O2.HI/c1-5-23-20(25-13-14-26-21(28)29-22(2,3)4)24-12-8-15-27-16-11-18-9-6-7-10-19(18)17-27;/h6-7,9-10H,5,8,11-17H2,1-4H3,(H,26,28)(H2,23,24,25);1H. The van der Waals surface area contributed by atoms with Crippen molar-refractivity contribution in [1.82, 2.24) is 20.9 Å². The van der Waals surface area contributed by atoms with E-state index in [1.807, 2.05) is 27.7 Å². The third kappa shape index (κ3) is 10.5. The summed E-state index contributed by atoms with van der Waals surface area (Å²) in [6.07, 6.45) is 1.76. The second-order valence-corrected chi connectivity index (χ2v) is 8.26. The predicted octanol–water partition coefficient (Wildman–Crippen LogP) is 3.13. The number of carbonyl (C=O) groups excluding carboxylic acids is 1. The number of rotatable bonds is 8. The molecule has 1 heterocycles. The normalized spacial score (nSPS) is 14.3. The molecule has 3 N–H and O–H groups in total. The van der Waals surface area contributed by atoms with E-state index in [4.69, 9.17) is 4.74 Å². The van der Waals surface area contributed by atoms with Gasteiger partial charge in [-0.15, -0.1) is 24.0 Å². The highest BCUT2D eigenvalue weighted by Crippen LogP contribution is 2.18. The third-order valence-corrected chi connectivity index (χ3v) is 4.54. The lowest BCUT2D eigenvalue weighted by Gasteiger charge is -2.28. The van der Waals surface area contributed by atoms with Crippen LogP contribution in [0.3, 0.4) is 0 Å². The number of hydrogen-bond acceptors (Lipinski definition) is 4. The van der Waals surface area contributed by atoms with E-state index in [1.165, 1.54) is 11.1 Å². The van der Waals surface area contributed by atoms with Crippen molar-refractivity contribution in [2.75, 3.05) is 39.3 Å². The molecule has 0 atom stereocenters. The minimum absolute atomic E-state index is 0. The van der Waals surface area contributed by atoms with Gasteiger partial charge in [0.2, 0.25) is 0 Å². The van der Waals surface area contributed by atoms with Crippen LogP contribution in [-0.2, 0) is 17.7 Å². The number of guanidine groups is 1. The van der Waals surface area contributed by atoms with Gasteiger partial charge >= 0.3 is 6.09 Å². The second-order valence-electron chi connectivity index (χ2n) is 8.26. The maximum absolute atomic E-state index is 11.7. The molecule has 0 aromatic heterocycles. The molecule has 2 rings (SSSR count). The molecule has 1 aromatic rings. The molecule has 0 bridgehead atoms. The molecular formula is C22H38IN5O2. The van der Waals surface area contributed by atoms with Gasteiger partial charge in [-0.1, -0.05) is 24.3 Å². The zero-order chi connectivity index (χ0) is 21.1. The highest BCUT2D eigenvalue weighted by Gasteiger charge is 2.16. The molecule has 1 aliphatic heterocycles. The summed E-state index contributed by atoms with van der Waals surface area (Å²) >= 11 is 0. The quantitative estimate of drug-likeness (QED) is 0.208. The second kappa shape index (κ2) is 13.7. The molecule has 0 aliphatic carbocycles. The molecule has 0 fully saturated rings. The van der Waals surface area contributed by atoms with Crippen molar-refractivity contribution in [3.05, 3.63) is 35.4 Å². The average Bonchev–Trinajstić information content (AvgIpc) is 2.67. The number of amides is 1. The van der Waals surface area contributed by atoms with E-state index in [-0.39, 0.29) is 24.0 Å². The van der Waals surface area contributed by atoms with Crippen LogP contribution in [0.1, 0.15) is 45.2 Å². The lowest BCUT2D eigenvalue weighted by Crippen LogP contribution is -2.42. The fourth-order valence-corrected chi connectivity index (χ4v) is 3.23. The lowest BCUT2D eigenvalue weighted by atomic mass is 10.00. The van der Waals surface area contributed by atoms with Gasteiger partial charge in [-0.3, -0.25) is 9.89 Å². The first kappa shape index (κ1) is 26.5. The molecule has 8 heteroatoms. The first-order chi connectivity index (χ1) is 13.9. The van der Waals surface area contributed by atoms with E-state index >= 15 is 0 Å². The largest absolute Gasteiger partial charge is 0.444 e. The fourth-order valence-electron chi connectivity index (χ4n) is 3.23. The number of carbonyl (C=O) groups is 1. The highest BCUT2D eigenvalue weighted by molar-refractivity contribution is 14.0. The van der Waals surface area contributed by atoms with Crippen molar-refractivity contribution in [3.8, 4) is 0 Å². The number of aliphatic imine (C=N–C) groups is 1. The van der Waals surface area contributed by atoms with Gasteiger partial charge < -0.3 is 20.7 Å².